The maximum Gasteiger partial charge on any atom is 0.184 e. The molecule has 4 heteroatoms. The number of aromatic amines is 1. The molecule has 0 amide bonds. The molecule has 0 aliphatic heterocycles. The Kier molecular flexibility index (Phi) is 2.26. The van der Waals surface area contributed by atoms with Crippen molar-refractivity contribution in [3.05, 3.63) is 48.4 Å². The number of nitrogens with zero attached hydrogens (tertiary/aromatic N) is 2. The minimum Gasteiger partial charge on any atom is -0.469 e. The molecular formula is C13H11N3O. The zero-order valence-electron chi connectivity index (χ0n) is 9.34. The highest BCUT2D eigenvalue weighted by molar-refractivity contribution is 5.60. The molecule has 2 heterocycles. The van der Waals surface area contributed by atoms with Crippen LogP contribution in [0, 0.1) is 6.92 Å². The molecule has 84 valence electrons. The van der Waals surface area contributed by atoms with Crippen molar-refractivity contribution < 1.29 is 4.42 Å². The van der Waals surface area contributed by atoms with Crippen LogP contribution >= 0.6 is 0 Å². The first kappa shape index (κ1) is 9.84. The van der Waals surface area contributed by atoms with Gasteiger partial charge in [-0.2, -0.15) is 5.10 Å². The fraction of sp³-hybridized carbons (Fsp3) is 0.0769. The van der Waals surface area contributed by atoms with Crippen LogP contribution in [0.1, 0.15) is 5.76 Å². The molecule has 0 unspecified atom stereocenters. The average molecular weight is 225 g/mol. The summed E-state index contributed by atoms with van der Waals surface area (Å²) in [6.07, 6.45) is 1.66. The van der Waals surface area contributed by atoms with Gasteiger partial charge in [-0.15, -0.1) is 0 Å². The quantitative estimate of drug-likeness (QED) is 0.729. The molecule has 3 rings (SSSR count). The molecule has 0 fully saturated rings. The Bertz CT molecular complexity index is 625. The van der Waals surface area contributed by atoms with Gasteiger partial charge in [0, 0.05) is 5.56 Å². The van der Waals surface area contributed by atoms with Crippen LogP contribution in [0.15, 0.2) is 47.1 Å². The van der Waals surface area contributed by atoms with Crippen LogP contribution in [0.2, 0.25) is 0 Å². The molecule has 0 spiro atoms. The number of benzene rings is 1. The molecular weight excluding hydrogens is 214 g/mol. The van der Waals surface area contributed by atoms with Crippen LogP contribution in [-0.4, -0.2) is 15.2 Å². The van der Waals surface area contributed by atoms with Crippen molar-refractivity contribution in [1.29, 1.82) is 0 Å². The van der Waals surface area contributed by atoms with Gasteiger partial charge in [-0.25, -0.2) is 4.98 Å². The third-order valence-electron chi connectivity index (χ3n) is 2.52. The van der Waals surface area contributed by atoms with E-state index in [-0.39, 0.29) is 0 Å². The highest BCUT2D eigenvalue weighted by atomic mass is 16.3. The van der Waals surface area contributed by atoms with E-state index in [1.165, 1.54) is 0 Å². The Morgan fingerprint density at radius 1 is 1.12 bits per heavy atom. The second-order valence-corrected chi connectivity index (χ2v) is 3.82. The molecule has 0 aliphatic rings. The van der Waals surface area contributed by atoms with Crippen molar-refractivity contribution in [2.24, 2.45) is 0 Å². The second kappa shape index (κ2) is 3.90. The predicted molar refractivity (Wildman–Crippen MR) is 64.3 cm³/mol. The topological polar surface area (TPSA) is 54.7 Å². The number of hydrogen-bond donors (Lipinski definition) is 1. The van der Waals surface area contributed by atoms with Gasteiger partial charge in [-0.3, -0.25) is 5.10 Å². The molecule has 17 heavy (non-hydrogen) atoms. The molecule has 0 bridgehead atoms. The summed E-state index contributed by atoms with van der Waals surface area (Å²) in [5.41, 5.74) is 1.91. The molecule has 1 N–H and O–H groups in total. The van der Waals surface area contributed by atoms with E-state index in [2.05, 4.69) is 15.2 Å². The van der Waals surface area contributed by atoms with Crippen LogP contribution in [0.5, 0.6) is 0 Å². The third kappa shape index (κ3) is 1.85. The minimum absolute atomic E-state index is 0.653. The summed E-state index contributed by atoms with van der Waals surface area (Å²) in [6.45, 7) is 1.90. The third-order valence-corrected chi connectivity index (χ3v) is 2.52. The first-order valence-corrected chi connectivity index (χ1v) is 5.36. The number of nitrogens with one attached hydrogen (secondary N) is 1. The normalized spacial score (nSPS) is 10.6. The molecule has 0 radical (unpaired) electrons. The van der Waals surface area contributed by atoms with Crippen LogP contribution in [0.3, 0.4) is 0 Å². The molecule has 0 atom stereocenters. The van der Waals surface area contributed by atoms with Gasteiger partial charge < -0.3 is 4.42 Å². The number of H-pyrrole nitrogens is 1. The van der Waals surface area contributed by atoms with E-state index >= 15 is 0 Å². The lowest BCUT2D eigenvalue weighted by Gasteiger charge is -1.92. The van der Waals surface area contributed by atoms with Gasteiger partial charge in [0.25, 0.3) is 0 Å². The van der Waals surface area contributed by atoms with Gasteiger partial charge in [0.2, 0.25) is 0 Å². The summed E-state index contributed by atoms with van der Waals surface area (Å²) in [4.78, 5) is 4.44. The predicted octanol–water partition coefficient (Wildman–Crippen LogP) is 3.04. The van der Waals surface area contributed by atoms with Crippen LogP contribution in [0.4, 0.5) is 0 Å². The van der Waals surface area contributed by atoms with Gasteiger partial charge in [0.05, 0.1) is 5.56 Å². The van der Waals surface area contributed by atoms with Crippen LogP contribution in [0.25, 0.3) is 22.8 Å². The van der Waals surface area contributed by atoms with E-state index < -0.39 is 0 Å². The lowest BCUT2D eigenvalue weighted by molar-refractivity contribution is 0.534. The molecule has 0 aliphatic carbocycles. The summed E-state index contributed by atoms with van der Waals surface area (Å²) in [5, 5.41) is 7.11. The van der Waals surface area contributed by atoms with Crippen LogP contribution < -0.4 is 0 Å². The number of aryl methyl sites for hydroxylation is 1. The van der Waals surface area contributed by atoms with Gasteiger partial charge in [-0.05, 0) is 13.0 Å². The molecule has 3 aromatic rings. The zero-order valence-corrected chi connectivity index (χ0v) is 9.34. The monoisotopic (exact) mass is 225 g/mol. The Labute approximate surface area is 98.3 Å². The molecule has 0 saturated carbocycles. The number of furan rings is 1. The summed E-state index contributed by atoms with van der Waals surface area (Å²) in [6, 6.07) is 11.8. The van der Waals surface area contributed by atoms with Crippen molar-refractivity contribution >= 4 is 0 Å². The number of aromatic nitrogens is 3. The van der Waals surface area contributed by atoms with E-state index in [9.17, 15) is 0 Å². The number of rotatable bonds is 2. The van der Waals surface area contributed by atoms with Gasteiger partial charge in [0.15, 0.2) is 11.6 Å². The summed E-state index contributed by atoms with van der Waals surface area (Å²) in [7, 11) is 0. The van der Waals surface area contributed by atoms with E-state index in [1.807, 2.05) is 43.3 Å². The van der Waals surface area contributed by atoms with E-state index in [1.54, 1.807) is 6.26 Å². The lowest BCUT2D eigenvalue weighted by atomic mass is 10.2. The maximum atomic E-state index is 5.24. The summed E-state index contributed by atoms with van der Waals surface area (Å²) < 4.78 is 5.24. The maximum absolute atomic E-state index is 5.24. The standard InChI is InChI=1S/C13H11N3O/c1-9-7-11(8-17-9)13-14-12(15-16-13)10-5-3-2-4-6-10/h2-8H,1H3,(H,14,15,16). The van der Waals surface area contributed by atoms with Crippen molar-refractivity contribution in [2.75, 3.05) is 0 Å². The van der Waals surface area contributed by atoms with E-state index in [4.69, 9.17) is 4.42 Å². The Morgan fingerprint density at radius 3 is 2.65 bits per heavy atom. The first-order valence-electron chi connectivity index (χ1n) is 5.36. The molecule has 0 saturated heterocycles. The second-order valence-electron chi connectivity index (χ2n) is 3.82. The van der Waals surface area contributed by atoms with Crippen molar-refractivity contribution in [3.8, 4) is 22.8 Å². The lowest BCUT2D eigenvalue weighted by Crippen LogP contribution is -1.79. The summed E-state index contributed by atoms with van der Waals surface area (Å²) >= 11 is 0. The minimum atomic E-state index is 0.653. The fourth-order valence-electron chi connectivity index (χ4n) is 1.68. The van der Waals surface area contributed by atoms with Crippen molar-refractivity contribution in [3.63, 3.8) is 0 Å². The first-order chi connectivity index (χ1) is 8.33. The van der Waals surface area contributed by atoms with Gasteiger partial charge >= 0.3 is 0 Å². The van der Waals surface area contributed by atoms with E-state index in [0.29, 0.717) is 5.82 Å². The van der Waals surface area contributed by atoms with Crippen LogP contribution in [-0.2, 0) is 0 Å². The zero-order chi connectivity index (χ0) is 11.7. The summed E-state index contributed by atoms with van der Waals surface area (Å²) in [5.74, 6) is 2.27. The Morgan fingerprint density at radius 2 is 1.94 bits per heavy atom. The largest absolute Gasteiger partial charge is 0.469 e. The average Bonchev–Trinajstić information content (AvgIpc) is 2.98. The SMILES string of the molecule is Cc1cc(-c2n[nH]c(-c3ccccc3)n2)co1. The highest BCUT2D eigenvalue weighted by Gasteiger charge is 2.09. The van der Waals surface area contributed by atoms with Gasteiger partial charge in [0.1, 0.15) is 12.0 Å². The Hall–Kier alpha value is -2.36. The van der Waals surface area contributed by atoms with Crippen molar-refractivity contribution in [2.45, 2.75) is 6.92 Å². The highest BCUT2D eigenvalue weighted by Crippen LogP contribution is 2.21. The Balaban J connectivity index is 1.99. The smallest absolute Gasteiger partial charge is 0.184 e. The fourth-order valence-corrected chi connectivity index (χ4v) is 1.68. The molecule has 2 aromatic heterocycles. The number of hydrogen-bond acceptors (Lipinski definition) is 3. The van der Waals surface area contributed by atoms with E-state index in [0.717, 1.165) is 22.7 Å². The molecule has 1 aromatic carbocycles. The molecule has 4 nitrogen and oxygen atoms in total. The van der Waals surface area contributed by atoms with Crippen molar-refractivity contribution in [1.82, 2.24) is 15.2 Å². The van der Waals surface area contributed by atoms with Gasteiger partial charge in [-0.1, -0.05) is 30.3 Å².